The average molecular weight is 291 g/mol. The molecule has 5 heteroatoms. The van der Waals surface area contributed by atoms with Crippen molar-refractivity contribution in [1.29, 1.82) is 0 Å². The van der Waals surface area contributed by atoms with Gasteiger partial charge in [-0.2, -0.15) is 0 Å². The number of piperidine rings is 1. The van der Waals surface area contributed by atoms with Crippen LogP contribution in [0.1, 0.15) is 36.5 Å². The predicted molar refractivity (Wildman–Crippen MR) is 84.6 cm³/mol. The first-order chi connectivity index (χ1) is 10.1. The van der Waals surface area contributed by atoms with E-state index in [0.29, 0.717) is 36.2 Å². The molecule has 0 spiro atoms. The molecule has 1 aromatic rings. The summed E-state index contributed by atoms with van der Waals surface area (Å²) in [6, 6.07) is 5.65. The molecule has 21 heavy (non-hydrogen) atoms. The Morgan fingerprint density at radius 3 is 2.95 bits per heavy atom. The molecule has 1 atom stereocenters. The number of nitrogen functional groups attached to an aromatic ring is 1. The van der Waals surface area contributed by atoms with E-state index in [2.05, 4.69) is 17.3 Å². The molecular weight excluding hydrogens is 266 g/mol. The summed E-state index contributed by atoms with van der Waals surface area (Å²) in [7, 11) is 2.13. The minimum absolute atomic E-state index is 0.109. The lowest BCUT2D eigenvalue weighted by Gasteiger charge is -2.32. The Morgan fingerprint density at radius 2 is 2.29 bits per heavy atom. The number of nitrogens with one attached hydrogen (secondary N) is 1. The maximum atomic E-state index is 11.7. The second kappa shape index (κ2) is 7.31. The number of carbonyl (C=O) groups excluding carboxylic acids is 1. The van der Waals surface area contributed by atoms with Crippen molar-refractivity contribution in [3.63, 3.8) is 0 Å². The highest BCUT2D eigenvalue weighted by molar-refractivity contribution is 5.95. The normalized spacial score (nSPS) is 19.2. The first kappa shape index (κ1) is 15.6. The smallest absolute Gasteiger partial charge is 0.251 e. The highest BCUT2D eigenvalue weighted by atomic mass is 16.5. The monoisotopic (exact) mass is 291 g/mol. The van der Waals surface area contributed by atoms with Gasteiger partial charge >= 0.3 is 0 Å². The van der Waals surface area contributed by atoms with Crippen LogP contribution in [-0.4, -0.2) is 43.6 Å². The van der Waals surface area contributed by atoms with Crippen molar-refractivity contribution < 1.29 is 9.53 Å². The Kier molecular flexibility index (Phi) is 5.44. The lowest BCUT2D eigenvalue weighted by Crippen LogP contribution is -2.40. The number of anilines is 1. The summed E-state index contributed by atoms with van der Waals surface area (Å²) in [4.78, 5) is 14.1. The van der Waals surface area contributed by atoms with Crippen LogP contribution in [-0.2, 0) is 0 Å². The third-order valence-corrected chi connectivity index (χ3v) is 3.96. The van der Waals surface area contributed by atoms with Crippen molar-refractivity contribution in [2.45, 2.75) is 32.2 Å². The number of hydrogen-bond acceptors (Lipinski definition) is 4. The number of amides is 1. The Morgan fingerprint density at radius 1 is 1.48 bits per heavy atom. The average Bonchev–Trinajstić information content (AvgIpc) is 2.47. The van der Waals surface area contributed by atoms with Gasteiger partial charge in [0.1, 0.15) is 12.4 Å². The number of rotatable bonds is 5. The van der Waals surface area contributed by atoms with E-state index in [1.807, 2.05) is 6.92 Å². The molecule has 1 saturated heterocycles. The third kappa shape index (κ3) is 4.11. The molecule has 1 aliphatic heterocycles. The molecule has 0 aliphatic carbocycles. The SMILES string of the molecule is CCNC(=O)c1ccc(OCC2CCCCN2C)c(N)c1. The van der Waals surface area contributed by atoms with E-state index >= 15 is 0 Å². The third-order valence-electron chi connectivity index (χ3n) is 3.96. The molecule has 1 heterocycles. The van der Waals surface area contributed by atoms with Gasteiger partial charge in [0, 0.05) is 18.2 Å². The van der Waals surface area contributed by atoms with Gasteiger partial charge in [-0.1, -0.05) is 6.42 Å². The number of ether oxygens (including phenoxy) is 1. The lowest BCUT2D eigenvalue weighted by atomic mass is 10.0. The van der Waals surface area contributed by atoms with Gasteiger partial charge in [-0.3, -0.25) is 4.79 Å². The standard InChI is InChI=1S/C16H25N3O2/c1-3-18-16(20)12-7-8-15(14(17)10-12)21-11-13-6-4-5-9-19(13)2/h7-8,10,13H,3-6,9,11,17H2,1-2H3,(H,18,20). The fourth-order valence-electron chi connectivity index (χ4n) is 2.62. The van der Waals surface area contributed by atoms with E-state index in [4.69, 9.17) is 10.5 Å². The van der Waals surface area contributed by atoms with Gasteiger partial charge in [0.15, 0.2) is 0 Å². The van der Waals surface area contributed by atoms with Crippen molar-refractivity contribution in [2.75, 3.05) is 32.5 Å². The second-order valence-corrected chi connectivity index (χ2v) is 5.55. The van der Waals surface area contributed by atoms with Gasteiger partial charge in [0.05, 0.1) is 5.69 Å². The summed E-state index contributed by atoms with van der Waals surface area (Å²) in [6.07, 6.45) is 3.67. The van der Waals surface area contributed by atoms with Crippen LogP contribution in [0.2, 0.25) is 0 Å². The van der Waals surface area contributed by atoms with Gasteiger partial charge in [0.25, 0.3) is 5.91 Å². The number of nitrogens with two attached hydrogens (primary N) is 1. The Balaban J connectivity index is 1.96. The van der Waals surface area contributed by atoms with Crippen LogP contribution in [0.4, 0.5) is 5.69 Å². The summed E-state index contributed by atoms with van der Waals surface area (Å²) >= 11 is 0. The Labute approximate surface area is 126 Å². The Hall–Kier alpha value is -1.75. The van der Waals surface area contributed by atoms with Gasteiger partial charge in [-0.25, -0.2) is 0 Å². The molecule has 0 saturated carbocycles. The molecule has 2 rings (SSSR count). The first-order valence-corrected chi connectivity index (χ1v) is 7.62. The van der Waals surface area contributed by atoms with E-state index in [1.54, 1.807) is 18.2 Å². The van der Waals surface area contributed by atoms with Crippen molar-refractivity contribution in [1.82, 2.24) is 10.2 Å². The minimum Gasteiger partial charge on any atom is -0.490 e. The van der Waals surface area contributed by atoms with Crippen LogP contribution in [0.3, 0.4) is 0 Å². The summed E-state index contributed by atoms with van der Waals surface area (Å²) in [5.74, 6) is 0.546. The molecule has 1 aliphatic rings. The van der Waals surface area contributed by atoms with E-state index in [0.717, 1.165) is 13.0 Å². The number of benzene rings is 1. The van der Waals surface area contributed by atoms with Crippen LogP contribution in [0.15, 0.2) is 18.2 Å². The van der Waals surface area contributed by atoms with Gasteiger partial charge < -0.3 is 20.7 Å². The highest BCUT2D eigenvalue weighted by Crippen LogP contribution is 2.24. The minimum atomic E-state index is -0.109. The molecule has 0 bridgehead atoms. The second-order valence-electron chi connectivity index (χ2n) is 5.55. The maximum Gasteiger partial charge on any atom is 0.251 e. The van der Waals surface area contributed by atoms with Crippen molar-refractivity contribution in [3.8, 4) is 5.75 Å². The van der Waals surface area contributed by atoms with E-state index < -0.39 is 0 Å². The lowest BCUT2D eigenvalue weighted by molar-refractivity contribution is 0.0955. The Bertz CT molecular complexity index is 490. The molecule has 0 radical (unpaired) electrons. The molecule has 5 nitrogen and oxygen atoms in total. The zero-order chi connectivity index (χ0) is 15.2. The number of likely N-dealkylation sites (tertiary alicyclic amines) is 1. The summed E-state index contributed by atoms with van der Waals surface area (Å²) in [6.45, 7) is 4.26. The van der Waals surface area contributed by atoms with Crippen molar-refractivity contribution >= 4 is 11.6 Å². The van der Waals surface area contributed by atoms with Gasteiger partial charge in [0.2, 0.25) is 0 Å². The topological polar surface area (TPSA) is 67.6 Å². The van der Waals surface area contributed by atoms with Crippen LogP contribution < -0.4 is 15.8 Å². The summed E-state index contributed by atoms with van der Waals surface area (Å²) in [5, 5.41) is 2.76. The molecule has 1 aromatic carbocycles. The van der Waals surface area contributed by atoms with Crippen LogP contribution >= 0.6 is 0 Å². The summed E-state index contributed by atoms with van der Waals surface area (Å²) in [5.41, 5.74) is 7.06. The highest BCUT2D eigenvalue weighted by Gasteiger charge is 2.19. The molecule has 1 unspecified atom stereocenters. The van der Waals surface area contributed by atoms with Crippen LogP contribution in [0, 0.1) is 0 Å². The van der Waals surface area contributed by atoms with Crippen molar-refractivity contribution in [2.24, 2.45) is 0 Å². The van der Waals surface area contributed by atoms with Gasteiger partial charge in [-0.05, 0) is 51.6 Å². The number of nitrogens with zero attached hydrogens (tertiary/aromatic N) is 1. The zero-order valence-corrected chi connectivity index (χ0v) is 12.9. The van der Waals surface area contributed by atoms with E-state index in [1.165, 1.54) is 12.8 Å². The zero-order valence-electron chi connectivity index (χ0n) is 12.9. The predicted octanol–water partition coefficient (Wildman–Crippen LogP) is 1.88. The van der Waals surface area contributed by atoms with Gasteiger partial charge in [-0.15, -0.1) is 0 Å². The molecule has 116 valence electrons. The molecule has 3 N–H and O–H groups in total. The quantitative estimate of drug-likeness (QED) is 0.813. The maximum absolute atomic E-state index is 11.7. The fraction of sp³-hybridized carbons (Fsp3) is 0.562. The molecule has 1 amide bonds. The largest absolute Gasteiger partial charge is 0.490 e. The number of likely N-dealkylation sites (N-methyl/N-ethyl adjacent to an activating group) is 1. The van der Waals surface area contributed by atoms with Crippen LogP contribution in [0.5, 0.6) is 5.75 Å². The number of carbonyl (C=O) groups is 1. The fourth-order valence-corrected chi connectivity index (χ4v) is 2.62. The molecule has 1 fully saturated rings. The first-order valence-electron chi connectivity index (χ1n) is 7.62. The number of hydrogen-bond donors (Lipinski definition) is 2. The van der Waals surface area contributed by atoms with E-state index in [-0.39, 0.29) is 5.91 Å². The van der Waals surface area contributed by atoms with E-state index in [9.17, 15) is 4.79 Å². The van der Waals surface area contributed by atoms with Crippen LogP contribution in [0.25, 0.3) is 0 Å². The van der Waals surface area contributed by atoms with Crippen molar-refractivity contribution in [3.05, 3.63) is 23.8 Å². The molecular formula is C16H25N3O2. The molecule has 0 aromatic heterocycles. The summed E-state index contributed by atoms with van der Waals surface area (Å²) < 4.78 is 5.84.